The fourth-order valence-corrected chi connectivity index (χ4v) is 3.51. The number of aromatic nitrogens is 2. The van der Waals surface area contributed by atoms with Gasteiger partial charge in [0.2, 0.25) is 0 Å². The zero-order valence-corrected chi connectivity index (χ0v) is 13.9. The first-order valence-electron chi connectivity index (χ1n) is 7.48. The molecule has 0 spiro atoms. The van der Waals surface area contributed by atoms with Gasteiger partial charge in [0.15, 0.2) is 0 Å². The Labute approximate surface area is 126 Å². The molecule has 0 atom stereocenters. The third kappa shape index (κ3) is 3.78. The van der Waals surface area contributed by atoms with E-state index in [4.69, 9.17) is 0 Å². The van der Waals surface area contributed by atoms with Crippen LogP contribution < -0.4 is 10.2 Å². The predicted octanol–water partition coefficient (Wildman–Crippen LogP) is 3.33. The highest BCUT2D eigenvalue weighted by atomic mass is 32.2. The van der Waals surface area contributed by atoms with Crippen LogP contribution >= 0.6 is 11.8 Å². The predicted molar refractivity (Wildman–Crippen MR) is 88.9 cm³/mol. The highest BCUT2D eigenvalue weighted by molar-refractivity contribution is 8.00. The average molecular weight is 294 g/mol. The third-order valence-corrected chi connectivity index (χ3v) is 5.11. The number of nitrogens with one attached hydrogen (secondary N) is 1. The summed E-state index contributed by atoms with van der Waals surface area (Å²) < 4.78 is 0.374. The maximum absolute atomic E-state index is 4.53. The van der Waals surface area contributed by atoms with Gasteiger partial charge >= 0.3 is 0 Å². The van der Waals surface area contributed by atoms with Crippen molar-refractivity contribution >= 4 is 23.4 Å². The standard InChI is InChI=1S/C15H26N4S/c1-5-7-16-13-12(2)14(18-11-17-13)19-8-6-15(3,4)20-10-9-19/h11H,5-10H2,1-4H3,(H,16,17,18). The summed E-state index contributed by atoms with van der Waals surface area (Å²) in [6, 6.07) is 0. The number of hydrogen-bond acceptors (Lipinski definition) is 5. The van der Waals surface area contributed by atoms with Crippen molar-refractivity contribution < 1.29 is 0 Å². The quantitative estimate of drug-likeness (QED) is 0.922. The zero-order chi connectivity index (χ0) is 14.6. The molecule has 1 fully saturated rings. The Morgan fingerprint density at radius 2 is 2.15 bits per heavy atom. The van der Waals surface area contributed by atoms with Crippen LogP contribution in [0.25, 0.3) is 0 Å². The summed E-state index contributed by atoms with van der Waals surface area (Å²) >= 11 is 2.06. The molecule has 2 heterocycles. The van der Waals surface area contributed by atoms with Crippen molar-refractivity contribution in [1.82, 2.24) is 9.97 Å². The summed E-state index contributed by atoms with van der Waals surface area (Å²) in [5, 5.41) is 3.39. The minimum Gasteiger partial charge on any atom is -0.370 e. The second kappa shape index (κ2) is 6.66. The first kappa shape index (κ1) is 15.4. The van der Waals surface area contributed by atoms with E-state index in [1.165, 1.54) is 12.0 Å². The van der Waals surface area contributed by atoms with Gasteiger partial charge in [0.1, 0.15) is 18.0 Å². The Kier molecular flexibility index (Phi) is 5.13. The van der Waals surface area contributed by atoms with E-state index in [9.17, 15) is 0 Å². The average Bonchev–Trinajstić information content (AvgIpc) is 2.59. The number of rotatable bonds is 4. The smallest absolute Gasteiger partial charge is 0.137 e. The lowest BCUT2D eigenvalue weighted by Crippen LogP contribution is -2.28. The fraction of sp³-hybridized carbons (Fsp3) is 0.733. The largest absolute Gasteiger partial charge is 0.370 e. The fourth-order valence-electron chi connectivity index (χ4n) is 2.41. The van der Waals surface area contributed by atoms with E-state index >= 15 is 0 Å². The van der Waals surface area contributed by atoms with E-state index in [0.29, 0.717) is 4.75 Å². The van der Waals surface area contributed by atoms with Crippen LogP contribution in [0.2, 0.25) is 0 Å². The van der Waals surface area contributed by atoms with Gasteiger partial charge in [0.05, 0.1) is 0 Å². The lowest BCUT2D eigenvalue weighted by Gasteiger charge is -2.25. The van der Waals surface area contributed by atoms with Gasteiger partial charge < -0.3 is 10.2 Å². The first-order valence-corrected chi connectivity index (χ1v) is 8.46. The van der Waals surface area contributed by atoms with Crippen molar-refractivity contribution in [2.24, 2.45) is 0 Å². The monoisotopic (exact) mass is 294 g/mol. The second-order valence-corrected chi connectivity index (χ2v) is 7.74. The van der Waals surface area contributed by atoms with E-state index in [1.807, 2.05) is 0 Å². The van der Waals surface area contributed by atoms with Crippen LogP contribution in [-0.4, -0.2) is 40.1 Å². The first-order chi connectivity index (χ1) is 9.53. The molecule has 0 bridgehead atoms. The molecule has 1 saturated heterocycles. The number of nitrogens with zero attached hydrogens (tertiary/aromatic N) is 3. The van der Waals surface area contributed by atoms with E-state index < -0.39 is 0 Å². The molecule has 0 unspecified atom stereocenters. The molecule has 0 aliphatic carbocycles. The van der Waals surface area contributed by atoms with Crippen LogP contribution in [0, 0.1) is 6.92 Å². The van der Waals surface area contributed by atoms with Crippen molar-refractivity contribution in [3.8, 4) is 0 Å². The summed E-state index contributed by atoms with van der Waals surface area (Å²) in [4.78, 5) is 11.3. The molecule has 112 valence electrons. The molecule has 0 amide bonds. The molecule has 0 aromatic carbocycles. The molecule has 1 aliphatic rings. The van der Waals surface area contributed by atoms with E-state index in [-0.39, 0.29) is 0 Å². The summed E-state index contributed by atoms with van der Waals surface area (Å²) in [7, 11) is 0. The van der Waals surface area contributed by atoms with Gasteiger partial charge in [-0.3, -0.25) is 0 Å². The summed E-state index contributed by atoms with van der Waals surface area (Å²) in [5.41, 5.74) is 1.17. The molecule has 2 rings (SSSR count). The molecule has 5 heteroatoms. The van der Waals surface area contributed by atoms with Crippen LogP contribution in [0.15, 0.2) is 6.33 Å². The van der Waals surface area contributed by atoms with Gasteiger partial charge in [-0.05, 0) is 19.8 Å². The lowest BCUT2D eigenvalue weighted by molar-refractivity contribution is 0.634. The van der Waals surface area contributed by atoms with Crippen molar-refractivity contribution in [1.29, 1.82) is 0 Å². The van der Waals surface area contributed by atoms with Crippen molar-refractivity contribution in [3.05, 3.63) is 11.9 Å². The topological polar surface area (TPSA) is 41.1 Å². The second-order valence-electron chi connectivity index (χ2n) is 5.94. The summed E-state index contributed by atoms with van der Waals surface area (Å²) in [6.45, 7) is 12.1. The van der Waals surface area contributed by atoms with Gasteiger partial charge in [-0.2, -0.15) is 11.8 Å². The molecule has 20 heavy (non-hydrogen) atoms. The van der Waals surface area contributed by atoms with Gasteiger partial charge in [0, 0.05) is 35.7 Å². The Morgan fingerprint density at radius 1 is 1.35 bits per heavy atom. The summed E-state index contributed by atoms with van der Waals surface area (Å²) in [6.07, 6.45) is 3.98. The Bertz CT molecular complexity index is 447. The molecule has 1 aromatic heterocycles. The molecular weight excluding hydrogens is 268 g/mol. The van der Waals surface area contributed by atoms with Gasteiger partial charge in [-0.1, -0.05) is 20.8 Å². The highest BCUT2D eigenvalue weighted by Crippen LogP contribution is 2.33. The number of thioether (sulfide) groups is 1. The zero-order valence-electron chi connectivity index (χ0n) is 13.1. The molecule has 1 aromatic rings. The lowest BCUT2D eigenvalue weighted by atomic mass is 10.1. The van der Waals surface area contributed by atoms with Gasteiger partial charge in [0.25, 0.3) is 0 Å². The summed E-state index contributed by atoms with van der Waals surface area (Å²) in [5.74, 6) is 3.23. The Balaban J connectivity index is 2.15. The van der Waals surface area contributed by atoms with Crippen LogP contribution in [0.1, 0.15) is 39.2 Å². The SMILES string of the molecule is CCCNc1ncnc(N2CCSC(C)(C)CC2)c1C. The Hall–Kier alpha value is -0.970. The minimum absolute atomic E-state index is 0.374. The van der Waals surface area contributed by atoms with E-state index in [0.717, 1.165) is 43.4 Å². The van der Waals surface area contributed by atoms with Gasteiger partial charge in [-0.15, -0.1) is 0 Å². The maximum atomic E-state index is 4.53. The van der Waals surface area contributed by atoms with Crippen molar-refractivity contribution in [2.45, 2.75) is 45.3 Å². The third-order valence-electron chi connectivity index (χ3n) is 3.74. The van der Waals surface area contributed by atoms with Gasteiger partial charge in [-0.25, -0.2) is 9.97 Å². The Morgan fingerprint density at radius 3 is 2.90 bits per heavy atom. The molecule has 4 nitrogen and oxygen atoms in total. The van der Waals surface area contributed by atoms with E-state index in [1.54, 1.807) is 6.33 Å². The van der Waals surface area contributed by atoms with Crippen molar-refractivity contribution in [3.63, 3.8) is 0 Å². The minimum atomic E-state index is 0.374. The van der Waals surface area contributed by atoms with Crippen LogP contribution in [-0.2, 0) is 0 Å². The normalized spacial score (nSPS) is 18.7. The molecular formula is C15H26N4S. The van der Waals surface area contributed by atoms with Crippen LogP contribution in [0.3, 0.4) is 0 Å². The number of anilines is 2. The van der Waals surface area contributed by atoms with Crippen LogP contribution in [0.5, 0.6) is 0 Å². The highest BCUT2D eigenvalue weighted by Gasteiger charge is 2.25. The number of hydrogen-bond donors (Lipinski definition) is 1. The molecule has 1 N–H and O–H groups in total. The molecule has 1 aliphatic heterocycles. The maximum Gasteiger partial charge on any atom is 0.137 e. The van der Waals surface area contributed by atoms with E-state index in [2.05, 4.69) is 59.6 Å². The molecule has 0 radical (unpaired) electrons. The van der Waals surface area contributed by atoms with Crippen molar-refractivity contribution in [2.75, 3.05) is 35.6 Å². The molecule has 0 saturated carbocycles. The van der Waals surface area contributed by atoms with Crippen LogP contribution in [0.4, 0.5) is 11.6 Å².